The molecule has 148 valence electrons. The second-order valence-corrected chi connectivity index (χ2v) is 9.05. The molecule has 4 heterocycles. The first kappa shape index (κ1) is 18.7. The normalized spacial score (nSPS) is 15.1. The van der Waals surface area contributed by atoms with Crippen LogP contribution in [0.15, 0.2) is 48.1 Å². The van der Waals surface area contributed by atoms with Crippen LogP contribution in [0.3, 0.4) is 0 Å². The number of fused-ring (bicyclic) bond motifs is 2. The van der Waals surface area contributed by atoms with Crippen LogP contribution in [0.5, 0.6) is 0 Å². The van der Waals surface area contributed by atoms with Gasteiger partial charge in [-0.1, -0.05) is 6.08 Å². The van der Waals surface area contributed by atoms with Crippen LogP contribution in [0.25, 0.3) is 26.0 Å². The average molecular weight is 423 g/mol. The number of anilines is 2. The number of nitrogens with zero attached hydrogens (tertiary/aromatic N) is 3. The van der Waals surface area contributed by atoms with Crippen LogP contribution in [0.2, 0.25) is 0 Å². The van der Waals surface area contributed by atoms with Crippen molar-refractivity contribution in [3.05, 3.63) is 53.0 Å². The van der Waals surface area contributed by atoms with Gasteiger partial charge in [0.1, 0.15) is 4.83 Å². The van der Waals surface area contributed by atoms with Crippen molar-refractivity contribution in [2.75, 3.05) is 38.7 Å². The molecule has 0 radical (unpaired) electrons. The molecule has 0 saturated carbocycles. The van der Waals surface area contributed by atoms with Crippen molar-refractivity contribution in [2.24, 2.45) is 0 Å². The zero-order valence-electron chi connectivity index (χ0n) is 16.2. The lowest BCUT2D eigenvalue weighted by Crippen LogP contribution is -2.32. The van der Waals surface area contributed by atoms with Gasteiger partial charge in [0.05, 0.1) is 28.0 Å². The number of rotatable bonds is 6. The van der Waals surface area contributed by atoms with Gasteiger partial charge in [-0.15, -0.1) is 22.7 Å². The van der Waals surface area contributed by atoms with E-state index in [9.17, 15) is 0 Å². The second-order valence-electron chi connectivity index (χ2n) is 7.13. The quantitative estimate of drug-likeness (QED) is 0.452. The van der Waals surface area contributed by atoms with E-state index < -0.39 is 0 Å². The minimum atomic E-state index is 0.776. The third kappa shape index (κ3) is 3.91. The second kappa shape index (κ2) is 8.20. The molecule has 7 heteroatoms. The highest BCUT2D eigenvalue weighted by Gasteiger charge is 2.17. The molecule has 0 unspecified atom stereocenters. The maximum absolute atomic E-state index is 5.25. The van der Waals surface area contributed by atoms with Gasteiger partial charge in [-0.25, -0.2) is 9.97 Å². The van der Waals surface area contributed by atoms with Gasteiger partial charge < -0.3 is 10.1 Å². The molecule has 0 aliphatic carbocycles. The molecule has 0 fully saturated rings. The molecule has 1 N–H and O–H groups in total. The summed E-state index contributed by atoms with van der Waals surface area (Å²) in [6.07, 6.45) is 5.34. The van der Waals surface area contributed by atoms with E-state index in [4.69, 9.17) is 4.74 Å². The Morgan fingerprint density at radius 1 is 1.21 bits per heavy atom. The van der Waals surface area contributed by atoms with Gasteiger partial charge in [-0.05, 0) is 42.3 Å². The maximum atomic E-state index is 5.25. The van der Waals surface area contributed by atoms with Gasteiger partial charge in [0.2, 0.25) is 0 Å². The van der Waals surface area contributed by atoms with Crippen LogP contribution in [-0.2, 0) is 4.74 Å². The van der Waals surface area contributed by atoms with Gasteiger partial charge in [0.15, 0.2) is 0 Å². The van der Waals surface area contributed by atoms with Crippen molar-refractivity contribution in [3.8, 4) is 0 Å². The lowest BCUT2D eigenvalue weighted by atomic mass is 10.1. The van der Waals surface area contributed by atoms with Crippen LogP contribution in [-0.4, -0.2) is 48.2 Å². The summed E-state index contributed by atoms with van der Waals surface area (Å²) in [5.41, 5.74) is 6.44. The SMILES string of the molecule is COCCN1CCC=C(c2cc3c(Nc4ccc5scnc5c4)ccnc3s2)C1. The summed E-state index contributed by atoms with van der Waals surface area (Å²) in [5.74, 6) is 0. The number of methoxy groups -OCH3 is 1. The largest absolute Gasteiger partial charge is 0.383 e. The van der Waals surface area contributed by atoms with Crippen molar-refractivity contribution >= 4 is 60.1 Å². The minimum absolute atomic E-state index is 0.776. The predicted molar refractivity (Wildman–Crippen MR) is 123 cm³/mol. The lowest BCUT2D eigenvalue weighted by molar-refractivity contribution is 0.154. The number of aromatic nitrogens is 2. The third-order valence-corrected chi connectivity index (χ3v) is 7.13. The van der Waals surface area contributed by atoms with Crippen molar-refractivity contribution in [2.45, 2.75) is 6.42 Å². The highest BCUT2D eigenvalue weighted by molar-refractivity contribution is 7.19. The Balaban J connectivity index is 1.42. The van der Waals surface area contributed by atoms with Gasteiger partial charge in [-0.2, -0.15) is 0 Å². The number of thiophene rings is 1. The number of benzene rings is 1. The Morgan fingerprint density at radius 2 is 2.17 bits per heavy atom. The van der Waals surface area contributed by atoms with Crippen molar-refractivity contribution in [1.29, 1.82) is 0 Å². The molecule has 1 aliphatic heterocycles. The van der Waals surface area contributed by atoms with Crippen LogP contribution in [0.4, 0.5) is 11.4 Å². The summed E-state index contributed by atoms with van der Waals surface area (Å²) in [6, 6.07) is 10.7. The van der Waals surface area contributed by atoms with Gasteiger partial charge in [-0.3, -0.25) is 4.90 Å². The minimum Gasteiger partial charge on any atom is -0.383 e. The third-order valence-electron chi connectivity index (χ3n) is 5.20. The standard InChI is InChI=1S/C22H22N4OS2/c1-27-10-9-26-8-2-3-15(13-26)21-12-17-18(6-7-23-22(17)29-21)25-16-4-5-20-19(11-16)24-14-28-20/h3-7,11-12,14H,2,8-10,13H2,1H3,(H,23,25). The average Bonchev–Trinajstić information content (AvgIpc) is 3.39. The Kier molecular flexibility index (Phi) is 5.28. The van der Waals surface area contributed by atoms with Gasteiger partial charge in [0, 0.05) is 48.9 Å². The molecule has 1 aliphatic rings. The molecule has 1 aromatic carbocycles. The smallest absolute Gasteiger partial charge is 0.125 e. The van der Waals surface area contributed by atoms with E-state index in [1.54, 1.807) is 29.8 Å². The first-order chi connectivity index (χ1) is 14.3. The zero-order chi connectivity index (χ0) is 19.6. The number of hydrogen-bond donors (Lipinski definition) is 1. The van der Waals surface area contributed by atoms with E-state index in [0.717, 1.165) is 54.4 Å². The van der Waals surface area contributed by atoms with E-state index in [1.165, 1.54) is 20.5 Å². The van der Waals surface area contributed by atoms with Crippen molar-refractivity contribution in [3.63, 3.8) is 0 Å². The number of nitrogens with one attached hydrogen (secondary N) is 1. The number of pyridine rings is 1. The number of hydrogen-bond acceptors (Lipinski definition) is 7. The predicted octanol–water partition coefficient (Wildman–Crippen LogP) is 5.39. The lowest BCUT2D eigenvalue weighted by Gasteiger charge is -2.26. The Labute approximate surface area is 177 Å². The monoisotopic (exact) mass is 422 g/mol. The Morgan fingerprint density at radius 3 is 3.10 bits per heavy atom. The van der Waals surface area contributed by atoms with Crippen LogP contribution >= 0.6 is 22.7 Å². The molecule has 0 amide bonds. The highest BCUT2D eigenvalue weighted by Crippen LogP contribution is 2.36. The molecule has 5 nitrogen and oxygen atoms in total. The molecule has 29 heavy (non-hydrogen) atoms. The molecular weight excluding hydrogens is 400 g/mol. The van der Waals surface area contributed by atoms with Crippen molar-refractivity contribution < 1.29 is 4.74 Å². The Bertz CT molecular complexity index is 1180. The molecule has 4 aromatic rings. The molecule has 0 atom stereocenters. The zero-order valence-corrected chi connectivity index (χ0v) is 17.9. The van der Waals surface area contributed by atoms with E-state index in [2.05, 4.69) is 50.5 Å². The fourth-order valence-electron chi connectivity index (χ4n) is 3.69. The molecule has 0 spiro atoms. The van der Waals surface area contributed by atoms with Gasteiger partial charge in [0.25, 0.3) is 0 Å². The summed E-state index contributed by atoms with van der Waals surface area (Å²) >= 11 is 3.43. The first-order valence-electron chi connectivity index (χ1n) is 9.70. The molecular formula is C22H22N4OS2. The summed E-state index contributed by atoms with van der Waals surface area (Å²) in [7, 11) is 1.76. The van der Waals surface area contributed by atoms with Crippen LogP contribution in [0.1, 0.15) is 11.3 Å². The molecule has 3 aromatic heterocycles. The summed E-state index contributed by atoms with van der Waals surface area (Å²) in [5, 5.41) is 4.73. The highest BCUT2D eigenvalue weighted by atomic mass is 32.1. The van der Waals surface area contributed by atoms with Crippen LogP contribution in [0, 0.1) is 0 Å². The number of thiazole rings is 1. The molecule has 5 rings (SSSR count). The molecule has 0 bridgehead atoms. The van der Waals surface area contributed by atoms with E-state index >= 15 is 0 Å². The maximum Gasteiger partial charge on any atom is 0.125 e. The summed E-state index contributed by atoms with van der Waals surface area (Å²) in [6.45, 7) is 3.82. The van der Waals surface area contributed by atoms with Gasteiger partial charge >= 0.3 is 0 Å². The topological polar surface area (TPSA) is 50.3 Å². The fraction of sp³-hybridized carbons (Fsp3) is 0.273. The van der Waals surface area contributed by atoms with E-state index in [0.29, 0.717) is 0 Å². The first-order valence-corrected chi connectivity index (χ1v) is 11.4. The fourth-order valence-corrected chi connectivity index (χ4v) is 5.41. The van der Waals surface area contributed by atoms with Crippen molar-refractivity contribution in [1.82, 2.24) is 14.9 Å². The summed E-state index contributed by atoms with van der Waals surface area (Å²) in [4.78, 5) is 13.9. The number of ether oxygens (including phenoxy) is 1. The molecule has 0 saturated heterocycles. The Hall–Kier alpha value is -2.32. The van der Waals surface area contributed by atoms with Crippen LogP contribution < -0.4 is 5.32 Å². The van der Waals surface area contributed by atoms with E-state index in [1.807, 2.05) is 17.8 Å². The summed E-state index contributed by atoms with van der Waals surface area (Å²) < 4.78 is 6.45. The van der Waals surface area contributed by atoms with E-state index in [-0.39, 0.29) is 0 Å².